The molecule has 1 unspecified atom stereocenters. The molecule has 0 bridgehead atoms. The Kier molecular flexibility index (Phi) is 8.22. The lowest BCUT2D eigenvalue weighted by atomic mass is 10.0. The molecule has 0 heterocycles. The maximum absolute atomic E-state index is 12.5. The van der Waals surface area contributed by atoms with Gasteiger partial charge in [-0.25, -0.2) is 0 Å². The second kappa shape index (κ2) is 11.1. The number of hydrogen-bond acceptors (Lipinski definition) is 4. The van der Waals surface area contributed by atoms with Gasteiger partial charge in [-0.2, -0.15) is 0 Å². The minimum atomic E-state index is -0.608. The topological polar surface area (TPSA) is 47.9 Å². The highest BCUT2D eigenvalue weighted by atomic mass is 79.9. The molecule has 1 atom stereocenters. The van der Waals surface area contributed by atoms with E-state index in [1.54, 1.807) is 13.1 Å². The third-order valence-electron chi connectivity index (χ3n) is 4.30. The Morgan fingerprint density at radius 3 is 2.43 bits per heavy atom. The van der Waals surface area contributed by atoms with Gasteiger partial charge in [0, 0.05) is 15.2 Å². The van der Waals surface area contributed by atoms with Gasteiger partial charge in [0.25, 0.3) is 0 Å². The molecule has 0 aliphatic carbocycles. The largest absolute Gasteiger partial charge is 0.489 e. The van der Waals surface area contributed by atoms with Gasteiger partial charge in [-0.1, -0.05) is 58.4 Å². The third-order valence-corrected chi connectivity index (χ3v) is 5.43. The van der Waals surface area contributed by atoms with Crippen molar-refractivity contribution in [1.29, 1.82) is 0 Å². The summed E-state index contributed by atoms with van der Waals surface area (Å²) in [5.41, 5.74) is 2.62. The fourth-order valence-corrected chi connectivity index (χ4v) is 3.92. The van der Waals surface area contributed by atoms with E-state index >= 15 is 0 Å². The van der Waals surface area contributed by atoms with Crippen LogP contribution in [0.15, 0.2) is 86.7 Å². The van der Waals surface area contributed by atoms with Gasteiger partial charge in [-0.15, -0.1) is 0 Å². The van der Waals surface area contributed by atoms with Crippen molar-refractivity contribution in [2.24, 2.45) is 4.99 Å². The SMILES string of the molecule is CCOC(=O)C(C=Nc1ccc(Br)cc1Br)c1ccc(OCc2ccccc2)cc1. The first-order valence-corrected chi connectivity index (χ1v) is 11.1. The maximum Gasteiger partial charge on any atom is 0.318 e. The number of aliphatic imine (C=N–C) groups is 1. The van der Waals surface area contributed by atoms with Crippen molar-refractivity contribution in [3.8, 4) is 5.75 Å². The lowest BCUT2D eigenvalue weighted by molar-refractivity contribution is -0.143. The summed E-state index contributed by atoms with van der Waals surface area (Å²) in [6.07, 6.45) is 1.62. The molecule has 0 amide bonds. The van der Waals surface area contributed by atoms with Crippen molar-refractivity contribution >= 4 is 49.7 Å². The summed E-state index contributed by atoms with van der Waals surface area (Å²) in [6, 6.07) is 23.1. The summed E-state index contributed by atoms with van der Waals surface area (Å²) in [4.78, 5) is 17.0. The van der Waals surface area contributed by atoms with Gasteiger partial charge in [-0.05, 0) is 64.3 Å². The molecule has 154 valence electrons. The average molecular weight is 531 g/mol. The number of hydrogen-bond donors (Lipinski definition) is 0. The third kappa shape index (κ3) is 6.28. The van der Waals surface area contributed by atoms with E-state index in [1.807, 2.05) is 72.8 Å². The zero-order valence-corrected chi connectivity index (χ0v) is 19.6. The number of halogens is 2. The predicted octanol–water partition coefficient (Wildman–Crippen LogP) is 6.84. The van der Waals surface area contributed by atoms with E-state index in [9.17, 15) is 4.79 Å². The first-order chi connectivity index (χ1) is 14.6. The van der Waals surface area contributed by atoms with E-state index < -0.39 is 5.92 Å². The van der Waals surface area contributed by atoms with Crippen LogP contribution in [0.2, 0.25) is 0 Å². The molecule has 0 saturated heterocycles. The molecule has 0 fully saturated rings. The number of carbonyl (C=O) groups is 1. The van der Waals surface area contributed by atoms with Crippen molar-refractivity contribution in [3.63, 3.8) is 0 Å². The normalized spacial score (nSPS) is 12.0. The number of ether oxygens (including phenoxy) is 2. The molecule has 3 rings (SSSR count). The van der Waals surface area contributed by atoms with Crippen molar-refractivity contribution in [2.45, 2.75) is 19.4 Å². The second-order valence-electron chi connectivity index (χ2n) is 6.45. The van der Waals surface area contributed by atoms with Crippen LogP contribution in [0.25, 0.3) is 0 Å². The van der Waals surface area contributed by atoms with E-state index in [4.69, 9.17) is 9.47 Å². The van der Waals surface area contributed by atoms with E-state index in [1.165, 1.54) is 0 Å². The quantitative estimate of drug-likeness (QED) is 0.236. The minimum Gasteiger partial charge on any atom is -0.489 e. The first kappa shape index (κ1) is 22.2. The summed E-state index contributed by atoms with van der Waals surface area (Å²) in [5, 5.41) is 0. The van der Waals surface area contributed by atoms with Crippen LogP contribution in [0.3, 0.4) is 0 Å². The molecule has 3 aromatic rings. The summed E-state index contributed by atoms with van der Waals surface area (Å²) in [5.74, 6) is -0.214. The molecule has 0 aliphatic rings. The number of nitrogens with zero attached hydrogens (tertiary/aromatic N) is 1. The Morgan fingerprint density at radius 1 is 1.03 bits per heavy atom. The molecule has 0 aliphatic heterocycles. The Morgan fingerprint density at radius 2 is 1.77 bits per heavy atom. The van der Waals surface area contributed by atoms with Crippen LogP contribution in [0.4, 0.5) is 5.69 Å². The molecule has 0 radical (unpaired) electrons. The Bertz CT molecular complexity index is 1000. The van der Waals surface area contributed by atoms with Gasteiger partial charge in [0.2, 0.25) is 0 Å². The zero-order valence-electron chi connectivity index (χ0n) is 16.4. The molecule has 6 heteroatoms. The Balaban J connectivity index is 1.76. The van der Waals surface area contributed by atoms with Gasteiger partial charge < -0.3 is 9.47 Å². The van der Waals surface area contributed by atoms with Gasteiger partial charge >= 0.3 is 5.97 Å². The van der Waals surface area contributed by atoms with Crippen molar-refractivity contribution in [2.75, 3.05) is 6.61 Å². The van der Waals surface area contributed by atoms with Crippen LogP contribution in [-0.2, 0) is 16.1 Å². The van der Waals surface area contributed by atoms with Crippen LogP contribution in [0.1, 0.15) is 24.0 Å². The number of rotatable bonds is 8. The fraction of sp³-hybridized carbons (Fsp3) is 0.167. The maximum atomic E-state index is 12.5. The van der Waals surface area contributed by atoms with E-state index in [2.05, 4.69) is 36.9 Å². The van der Waals surface area contributed by atoms with E-state index in [0.29, 0.717) is 13.2 Å². The second-order valence-corrected chi connectivity index (χ2v) is 8.22. The number of carbonyl (C=O) groups excluding carboxylic acids is 1. The molecular formula is C24H21Br2NO3. The zero-order chi connectivity index (χ0) is 21.3. The minimum absolute atomic E-state index is 0.309. The monoisotopic (exact) mass is 529 g/mol. The number of benzene rings is 3. The summed E-state index contributed by atoms with van der Waals surface area (Å²) in [7, 11) is 0. The summed E-state index contributed by atoms with van der Waals surface area (Å²) < 4.78 is 12.9. The highest BCUT2D eigenvalue weighted by molar-refractivity contribution is 9.11. The molecule has 0 aromatic heterocycles. The Labute approximate surface area is 193 Å². The molecule has 0 N–H and O–H groups in total. The van der Waals surface area contributed by atoms with Gasteiger partial charge in [0.05, 0.1) is 12.3 Å². The van der Waals surface area contributed by atoms with Crippen molar-refractivity contribution in [3.05, 3.63) is 92.9 Å². The fourth-order valence-electron chi connectivity index (χ4n) is 2.77. The van der Waals surface area contributed by atoms with E-state index in [-0.39, 0.29) is 5.97 Å². The van der Waals surface area contributed by atoms with Crippen LogP contribution in [0, 0.1) is 0 Å². The molecule has 3 aromatic carbocycles. The first-order valence-electron chi connectivity index (χ1n) is 9.49. The predicted molar refractivity (Wildman–Crippen MR) is 127 cm³/mol. The highest BCUT2D eigenvalue weighted by Crippen LogP contribution is 2.29. The average Bonchev–Trinajstić information content (AvgIpc) is 2.75. The number of esters is 1. The molecule has 0 spiro atoms. The van der Waals surface area contributed by atoms with Crippen LogP contribution < -0.4 is 4.74 Å². The van der Waals surface area contributed by atoms with Crippen LogP contribution >= 0.6 is 31.9 Å². The molecule has 30 heavy (non-hydrogen) atoms. The van der Waals surface area contributed by atoms with Crippen molar-refractivity contribution in [1.82, 2.24) is 0 Å². The summed E-state index contributed by atoms with van der Waals surface area (Å²) >= 11 is 6.91. The Hall–Kier alpha value is -2.44. The van der Waals surface area contributed by atoms with Crippen LogP contribution in [-0.4, -0.2) is 18.8 Å². The van der Waals surface area contributed by atoms with E-state index in [0.717, 1.165) is 31.5 Å². The van der Waals surface area contributed by atoms with Gasteiger partial charge in [-0.3, -0.25) is 9.79 Å². The molecule has 4 nitrogen and oxygen atoms in total. The smallest absolute Gasteiger partial charge is 0.318 e. The molecular weight excluding hydrogens is 510 g/mol. The standard InChI is InChI=1S/C24H21Br2NO3/c1-2-29-24(28)21(15-27-23-13-10-19(25)14-22(23)26)18-8-11-20(12-9-18)30-16-17-6-4-3-5-7-17/h3-15,21H,2,16H2,1H3. The lowest BCUT2D eigenvalue weighted by Gasteiger charge is -2.13. The van der Waals surface area contributed by atoms with Gasteiger partial charge in [0.1, 0.15) is 18.3 Å². The summed E-state index contributed by atoms with van der Waals surface area (Å²) in [6.45, 7) is 2.59. The van der Waals surface area contributed by atoms with Gasteiger partial charge in [0.15, 0.2) is 0 Å². The van der Waals surface area contributed by atoms with Crippen LogP contribution in [0.5, 0.6) is 5.75 Å². The lowest BCUT2D eigenvalue weighted by Crippen LogP contribution is -2.17. The molecule has 0 saturated carbocycles. The highest BCUT2D eigenvalue weighted by Gasteiger charge is 2.20. The van der Waals surface area contributed by atoms with Crippen molar-refractivity contribution < 1.29 is 14.3 Å².